The van der Waals surface area contributed by atoms with Crippen LogP contribution in [0.15, 0.2) is 60.8 Å². The van der Waals surface area contributed by atoms with Crippen molar-refractivity contribution in [2.45, 2.75) is 18.8 Å². The average Bonchev–Trinajstić information content (AvgIpc) is 3.37. The van der Waals surface area contributed by atoms with E-state index in [-0.39, 0.29) is 17.7 Å². The normalized spacial score (nSPS) is 16.8. The average molecular weight is 402 g/mol. The van der Waals surface area contributed by atoms with Gasteiger partial charge in [-0.15, -0.1) is 18.3 Å². The van der Waals surface area contributed by atoms with Crippen molar-refractivity contribution in [1.82, 2.24) is 19.9 Å². The Morgan fingerprint density at radius 3 is 2.48 bits per heavy atom. The lowest BCUT2D eigenvalue weighted by atomic mass is 10.2. The second-order valence-corrected chi connectivity index (χ2v) is 6.72. The summed E-state index contributed by atoms with van der Waals surface area (Å²) in [6.45, 7) is 0.988. The molecule has 0 radical (unpaired) electrons. The third-order valence-corrected chi connectivity index (χ3v) is 4.74. The second-order valence-electron chi connectivity index (χ2n) is 6.72. The molecule has 9 heteroatoms. The fraction of sp³-hybridized carbons (Fsp3) is 0.250. The quantitative estimate of drug-likeness (QED) is 0.664. The van der Waals surface area contributed by atoms with E-state index >= 15 is 0 Å². The maximum Gasteiger partial charge on any atom is 0.573 e. The van der Waals surface area contributed by atoms with Gasteiger partial charge in [0.25, 0.3) is 5.91 Å². The van der Waals surface area contributed by atoms with E-state index in [1.165, 1.54) is 12.1 Å². The second kappa shape index (κ2) is 7.57. The first kappa shape index (κ1) is 19.0. The third kappa shape index (κ3) is 4.39. The lowest BCUT2D eigenvalue weighted by molar-refractivity contribution is -0.274. The smallest absolute Gasteiger partial charge is 0.406 e. The van der Waals surface area contributed by atoms with Gasteiger partial charge in [0.15, 0.2) is 0 Å². The van der Waals surface area contributed by atoms with Crippen LogP contribution >= 0.6 is 0 Å². The summed E-state index contributed by atoms with van der Waals surface area (Å²) in [5.74, 6) is -0.598. The molecule has 0 N–H and O–H groups in total. The molecule has 0 saturated carbocycles. The van der Waals surface area contributed by atoms with Crippen LogP contribution in [0.1, 0.15) is 22.8 Å². The summed E-state index contributed by atoms with van der Waals surface area (Å²) in [5.41, 5.74) is 2.03. The number of hydrogen-bond donors (Lipinski definition) is 0. The zero-order valence-electron chi connectivity index (χ0n) is 15.2. The van der Waals surface area contributed by atoms with Crippen molar-refractivity contribution < 1.29 is 22.7 Å². The highest BCUT2D eigenvalue weighted by Gasteiger charge is 2.32. The number of amides is 1. The van der Waals surface area contributed by atoms with Crippen molar-refractivity contribution in [2.75, 3.05) is 13.1 Å². The number of hydrogen-bond acceptors (Lipinski definition) is 4. The number of rotatable bonds is 4. The number of carbonyl (C=O) groups is 1. The van der Waals surface area contributed by atoms with Crippen molar-refractivity contribution in [3.63, 3.8) is 0 Å². The van der Waals surface area contributed by atoms with Gasteiger partial charge in [0.1, 0.15) is 11.4 Å². The maximum absolute atomic E-state index is 12.7. The number of benzene rings is 2. The highest BCUT2D eigenvalue weighted by molar-refractivity contribution is 5.94. The molecule has 1 amide bonds. The number of alkyl halides is 3. The van der Waals surface area contributed by atoms with E-state index in [1.54, 1.807) is 9.58 Å². The Kier molecular flexibility index (Phi) is 4.96. The van der Waals surface area contributed by atoms with Crippen LogP contribution in [0.25, 0.3) is 11.3 Å². The number of aromatic nitrogens is 3. The first-order chi connectivity index (χ1) is 13.9. The SMILES string of the molecule is O=C(c1ccc(OC(F)(F)F)cc1)N1CC[C@H](n2cc(-c3ccccc3)nn2)C1. The van der Waals surface area contributed by atoms with Crippen LogP contribution in [-0.4, -0.2) is 45.3 Å². The summed E-state index contributed by atoms with van der Waals surface area (Å²) >= 11 is 0. The first-order valence-corrected chi connectivity index (χ1v) is 9.01. The summed E-state index contributed by atoms with van der Waals surface area (Å²) in [6, 6.07) is 14.6. The van der Waals surface area contributed by atoms with Gasteiger partial charge in [-0.2, -0.15) is 0 Å². The monoisotopic (exact) mass is 402 g/mol. The van der Waals surface area contributed by atoms with Gasteiger partial charge in [0.2, 0.25) is 0 Å². The standard InChI is InChI=1S/C20H17F3N4O2/c21-20(22,23)29-17-8-6-15(7-9-17)19(28)26-11-10-16(12-26)27-13-18(24-25-27)14-4-2-1-3-5-14/h1-9,13,16H,10-12H2/t16-/m0/s1. The van der Waals surface area contributed by atoms with Crippen LogP contribution in [0.3, 0.4) is 0 Å². The Balaban J connectivity index is 1.41. The van der Waals surface area contributed by atoms with Crippen molar-refractivity contribution in [3.05, 3.63) is 66.4 Å². The predicted octanol–water partition coefficient (Wildman–Crippen LogP) is 3.93. The molecule has 2 aromatic carbocycles. The maximum atomic E-state index is 12.7. The molecule has 4 rings (SSSR count). The molecule has 1 aliphatic heterocycles. The minimum atomic E-state index is -4.76. The van der Waals surface area contributed by atoms with Gasteiger partial charge < -0.3 is 9.64 Å². The molecular formula is C20H17F3N4O2. The van der Waals surface area contributed by atoms with Gasteiger partial charge >= 0.3 is 6.36 Å². The van der Waals surface area contributed by atoms with Crippen LogP contribution in [0, 0.1) is 0 Å². The predicted molar refractivity (Wildman–Crippen MR) is 98.1 cm³/mol. The molecule has 1 aromatic heterocycles. The van der Waals surface area contributed by atoms with Gasteiger partial charge in [0, 0.05) is 24.2 Å². The van der Waals surface area contributed by atoms with Crippen LogP contribution in [0.4, 0.5) is 13.2 Å². The Bertz CT molecular complexity index is 987. The fourth-order valence-electron chi connectivity index (χ4n) is 3.32. The topological polar surface area (TPSA) is 60.2 Å². The molecule has 150 valence electrons. The molecule has 6 nitrogen and oxygen atoms in total. The first-order valence-electron chi connectivity index (χ1n) is 9.01. The summed E-state index contributed by atoms with van der Waals surface area (Å²) in [6.07, 6.45) is -2.18. The highest BCUT2D eigenvalue weighted by atomic mass is 19.4. The van der Waals surface area contributed by atoms with E-state index in [9.17, 15) is 18.0 Å². The van der Waals surface area contributed by atoms with Crippen molar-refractivity contribution in [2.24, 2.45) is 0 Å². The number of nitrogens with zero attached hydrogens (tertiary/aromatic N) is 4. The molecule has 2 heterocycles. The van der Waals surface area contributed by atoms with E-state index in [0.29, 0.717) is 18.7 Å². The molecule has 1 aliphatic rings. The molecule has 1 saturated heterocycles. The summed E-state index contributed by atoms with van der Waals surface area (Å²) in [4.78, 5) is 14.3. The Morgan fingerprint density at radius 2 is 1.79 bits per heavy atom. The van der Waals surface area contributed by atoms with Crippen molar-refractivity contribution in [1.29, 1.82) is 0 Å². The molecule has 0 bridgehead atoms. The number of carbonyl (C=O) groups excluding carboxylic acids is 1. The largest absolute Gasteiger partial charge is 0.573 e. The number of halogens is 3. The van der Waals surface area contributed by atoms with Gasteiger partial charge in [0.05, 0.1) is 12.2 Å². The number of likely N-dealkylation sites (tertiary alicyclic amines) is 1. The Morgan fingerprint density at radius 1 is 1.07 bits per heavy atom. The van der Waals surface area contributed by atoms with Crippen LogP contribution in [0.2, 0.25) is 0 Å². The molecule has 29 heavy (non-hydrogen) atoms. The van der Waals surface area contributed by atoms with E-state index in [1.807, 2.05) is 36.5 Å². The lowest BCUT2D eigenvalue weighted by Gasteiger charge is -2.17. The minimum Gasteiger partial charge on any atom is -0.406 e. The van der Waals surface area contributed by atoms with Gasteiger partial charge in [-0.3, -0.25) is 4.79 Å². The number of ether oxygens (including phenoxy) is 1. The Labute approximate surface area is 164 Å². The molecule has 3 aromatic rings. The third-order valence-electron chi connectivity index (χ3n) is 4.74. The van der Waals surface area contributed by atoms with Crippen molar-refractivity contribution >= 4 is 5.91 Å². The molecule has 0 aliphatic carbocycles. The van der Waals surface area contributed by atoms with Gasteiger partial charge in [-0.1, -0.05) is 35.5 Å². The zero-order chi connectivity index (χ0) is 20.4. The molecule has 0 spiro atoms. The van der Waals surface area contributed by atoms with Gasteiger partial charge in [-0.25, -0.2) is 4.68 Å². The Hall–Kier alpha value is -3.36. The van der Waals surface area contributed by atoms with E-state index in [0.717, 1.165) is 29.8 Å². The van der Waals surface area contributed by atoms with Gasteiger partial charge in [-0.05, 0) is 30.7 Å². The summed E-state index contributed by atoms with van der Waals surface area (Å²) in [5, 5.41) is 8.39. The lowest BCUT2D eigenvalue weighted by Crippen LogP contribution is -2.29. The molecular weight excluding hydrogens is 385 g/mol. The van der Waals surface area contributed by atoms with Crippen LogP contribution < -0.4 is 4.74 Å². The van der Waals surface area contributed by atoms with E-state index in [4.69, 9.17) is 0 Å². The van der Waals surface area contributed by atoms with Crippen LogP contribution in [0.5, 0.6) is 5.75 Å². The summed E-state index contributed by atoms with van der Waals surface area (Å²) < 4.78 is 42.3. The zero-order valence-corrected chi connectivity index (χ0v) is 15.2. The van der Waals surface area contributed by atoms with Crippen LogP contribution in [-0.2, 0) is 0 Å². The fourth-order valence-corrected chi connectivity index (χ4v) is 3.32. The molecule has 1 fully saturated rings. The van der Waals surface area contributed by atoms with E-state index < -0.39 is 6.36 Å². The highest BCUT2D eigenvalue weighted by Crippen LogP contribution is 2.26. The van der Waals surface area contributed by atoms with E-state index in [2.05, 4.69) is 15.0 Å². The minimum absolute atomic E-state index is 0.00301. The summed E-state index contributed by atoms with van der Waals surface area (Å²) in [7, 11) is 0. The molecule has 1 atom stereocenters. The molecule has 0 unspecified atom stereocenters. The van der Waals surface area contributed by atoms with Crippen molar-refractivity contribution in [3.8, 4) is 17.0 Å².